The van der Waals surface area contributed by atoms with Gasteiger partial charge in [-0.25, -0.2) is 4.99 Å². The van der Waals surface area contributed by atoms with Crippen molar-refractivity contribution in [2.24, 2.45) is 4.99 Å². The highest BCUT2D eigenvalue weighted by Gasteiger charge is 2.44. The summed E-state index contributed by atoms with van der Waals surface area (Å²) in [5.41, 5.74) is -1.29. The second-order valence-electron chi connectivity index (χ2n) is 4.22. The van der Waals surface area contributed by atoms with Crippen LogP contribution in [0.1, 0.15) is 0 Å². The Morgan fingerprint density at radius 3 is 2.45 bits per heavy atom. The minimum atomic E-state index is -4.85. The van der Waals surface area contributed by atoms with Crippen molar-refractivity contribution in [3.63, 3.8) is 0 Å². The normalized spacial score (nSPS) is 33.5. The molecule has 1 aliphatic heterocycles. The van der Waals surface area contributed by atoms with Crippen LogP contribution in [0.4, 0.5) is 0 Å². The highest BCUT2D eigenvalue weighted by Crippen LogP contribution is 2.29. The summed E-state index contributed by atoms with van der Waals surface area (Å²) in [6, 6.07) is 0. The van der Waals surface area contributed by atoms with Crippen molar-refractivity contribution in [1.29, 1.82) is 0 Å². The van der Waals surface area contributed by atoms with E-state index in [0.29, 0.717) is 11.8 Å². The molecule has 0 amide bonds. The molecule has 10 nitrogen and oxygen atoms in total. The van der Waals surface area contributed by atoms with Crippen molar-refractivity contribution >= 4 is 27.4 Å². The average Bonchev–Trinajstić information content (AvgIpc) is 2.43. The van der Waals surface area contributed by atoms with E-state index in [2.05, 4.69) is 15.8 Å². The van der Waals surface area contributed by atoms with E-state index < -0.39 is 52.1 Å². The predicted octanol–water partition coefficient (Wildman–Crippen LogP) is -2.12. The topological polar surface area (TPSA) is 166 Å². The molecule has 1 saturated heterocycles. The first-order valence-corrected chi connectivity index (χ1v) is 8.23. The first-order chi connectivity index (χ1) is 10.2. The average molecular weight is 359 g/mol. The molecule has 5 atom stereocenters. The molecule has 1 aliphatic rings. The fourth-order valence-electron chi connectivity index (χ4n) is 1.58. The van der Waals surface area contributed by atoms with Crippen molar-refractivity contribution in [3.05, 3.63) is 12.7 Å². The van der Waals surface area contributed by atoms with Crippen molar-refractivity contribution in [2.75, 3.05) is 13.2 Å². The van der Waals surface area contributed by atoms with Crippen molar-refractivity contribution in [3.8, 4) is 0 Å². The van der Waals surface area contributed by atoms with Gasteiger partial charge in [0.15, 0.2) is 0 Å². The highest BCUT2D eigenvalue weighted by molar-refractivity contribution is 8.14. The van der Waals surface area contributed by atoms with Crippen molar-refractivity contribution in [1.82, 2.24) is 0 Å². The van der Waals surface area contributed by atoms with E-state index in [0.717, 1.165) is 0 Å². The summed E-state index contributed by atoms with van der Waals surface area (Å²) in [5, 5.41) is 37.5. The van der Waals surface area contributed by atoms with Gasteiger partial charge in [0.2, 0.25) is 0 Å². The quantitative estimate of drug-likeness (QED) is 0.158. The van der Waals surface area contributed by atoms with Crippen molar-refractivity contribution < 1.29 is 42.3 Å². The fourth-order valence-corrected chi connectivity index (χ4v) is 3.07. The molecule has 1 fully saturated rings. The number of aliphatic hydroxyl groups excluding tert-OH is 4. The maximum absolute atomic E-state index is 10.7. The molecule has 1 heterocycles. The van der Waals surface area contributed by atoms with Gasteiger partial charge >= 0.3 is 10.4 Å². The number of aliphatic hydroxyl groups is 4. The molecule has 0 bridgehead atoms. The first-order valence-electron chi connectivity index (χ1n) is 5.99. The fraction of sp³-hybridized carbons (Fsp3) is 0.700. The Kier molecular flexibility index (Phi) is 7.21. The molecule has 0 aromatic heterocycles. The Morgan fingerprint density at radius 2 is 1.95 bits per heavy atom. The molecule has 128 valence electrons. The number of aliphatic imine (C=N–C) groups is 1. The largest absolute Gasteiger partial charge is 0.448 e. The highest BCUT2D eigenvalue weighted by atomic mass is 32.3. The van der Waals surface area contributed by atoms with Gasteiger partial charge in [-0.1, -0.05) is 6.08 Å². The standard InChI is InChI=1S/C10H17NO9S2/c1-2-3-11-10(20-22(16,17)18)21-9-8(15)7(14)6(13)5(4-12)19-9/h2,5-9,12-15H,1,3-4H2,(H,16,17,18)/t5-,6-,7+,8-,9+/m1/s1. The third-order valence-corrected chi connectivity index (χ3v) is 4.10. The van der Waals surface area contributed by atoms with Gasteiger partial charge in [-0.15, -0.1) is 6.58 Å². The van der Waals surface area contributed by atoms with Crippen LogP contribution in [0.15, 0.2) is 17.6 Å². The number of ether oxygens (including phenoxy) is 1. The van der Waals surface area contributed by atoms with E-state index in [4.69, 9.17) is 14.4 Å². The lowest BCUT2D eigenvalue weighted by Gasteiger charge is -2.39. The third kappa shape index (κ3) is 5.48. The maximum atomic E-state index is 10.7. The molecule has 12 heteroatoms. The molecule has 0 unspecified atom stereocenters. The van der Waals surface area contributed by atoms with Crippen LogP contribution in [0, 0.1) is 0 Å². The van der Waals surface area contributed by atoms with E-state index in [9.17, 15) is 23.7 Å². The summed E-state index contributed by atoms with van der Waals surface area (Å²) in [7, 11) is -4.85. The summed E-state index contributed by atoms with van der Waals surface area (Å²) >= 11 is 0.452. The smallest absolute Gasteiger partial charge is 0.394 e. The van der Waals surface area contributed by atoms with Gasteiger partial charge in [0.25, 0.3) is 5.23 Å². The number of nitrogens with zero attached hydrogens (tertiary/aromatic N) is 1. The zero-order valence-electron chi connectivity index (χ0n) is 11.2. The molecule has 0 aromatic carbocycles. The molecule has 0 aliphatic carbocycles. The van der Waals surface area contributed by atoms with Crippen LogP contribution in [0.2, 0.25) is 0 Å². The monoisotopic (exact) mass is 359 g/mol. The van der Waals surface area contributed by atoms with Gasteiger partial charge in [-0.05, 0) is 11.8 Å². The molecular weight excluding hydrogens is 342 g/mol. The zero-order chi connectivity index (χ0) is 16.9. The van der Waals surface area contributed by atoms with E-state index in [1.165, 1.54) is 6.08 Å². The minimum absolute atomic E-state index is 0.0464. The van der Waals surface area contributed by atoms with Gasteiger partial charge in [-0.3, -0.25) is 4.55 Å². The molecule has 0 aromatic rings. The Labute approximate surface area is 131 Å². The van der Waals surface area contributed by atoms with Crippen LogP contribution < -0.4 is 0 Å². The predicted molar refractivity (Wildman–Crippen MR) is 76.5 cm³/mol. The number of rotatable bonds is 5. The van der Waals surface area contributed by atoms with E-state index >= 15 is 0 Å². The van der Waals surface area contributed by atoms with Gasteiger partial charge in [-0.2, -0.15) is 8.42 Å². The molecule has 5 N–H and O–H groups in total. The van der Waals surface area contributed by atoms with E-state index in [1.54, 1.807) is 0 Å². The second kappa shape index (κ2) is 8.21. The van der Waals surface area contributed by atoms with Gasteiger partial charge < -0.3 is 29.3 Å². The second-order valence-corrected chi connectivity index (χ2v) is 6.29. The van der Waals surface area contributed by atoms with E-state index in [-0.39, 0.29) is 6.54 Å². The van der Waals surface area contributed by atoms with E-state index in [1.807, 2.05) is 0 Å². The van der Waals surface area contributed by atoms with Crippen LogP contribution in [0.25, 0.3) is 0 Å². The lowest BCUT2D eigenvalue weighted by Crippen LogP contribution is -2.57. The molecule has 22 heavy (non-hydrogen) atoms. The Morgan fingerprint density at radius 1 is 1.32 bits per heavy atom. The summed E-state index contributed by atoms with van der Waals surface area (Å²) in [6.07, 6.45) is -4.63. The van der Waals surface area contributed by atoms with Crippen LogP contribution in [0.5, 0.6) is 0 Å². The summed E-state index contributed by atoms with van der Waals surface area (Å²) in [4.78, 5) is 3.65. The SMILES string of the molecule is C=CCN=C(OS(=O)(=O)O)S[C@@H]1O[C@H](CO)[C@@H](O)[C@H](O)[C@H]1O. The number of hydrogen-bond donors (Lipinski definition) is 5. The summed E-state index contributed by atoms with van der Waals surface area (Å²) in [6.45, 7) is 2.68. The first kappa shape index (κ1) is 19.3. The molecular formula is C10H17NO9S2. The lowest BCUT2D eigenvalue weighted by atomic mass is 10.0. The van der Waals surface area contributed by atoms with Crippen LogP contribution in [-0.2, 0) is 19.3 Å². The van der Waals surface area contributed by atoms with Gasteiger partial charge in [0, 0.05) is 0 Å². The molecule has 1 rings (SSSR count). The molecule has 0 spiro atoms. The summed E-state index contributed by atoms with van der Waals surface area (Å²) < 4.78 is 39.5. The van der Waals surface area contributed by atoms with Crippen molar-refractivity contribution in [2.45, 2.75) is 29.9 Å². The third-order valence-electron chi connectivity index (χ3n) is 2.59. The molecule has 0 radical (unpaired) electrons. The lowest BCUT2D eigenvalue weighted by molar-refractivity contribution is -0.205. The Hall–Kier alpha value is -0.730. The molecule has 0 saturated carbocycles. The number of hydrogen-bond acceptors (Lipinski definition) is 10. The van der Waals surface area contributed by atoms with Gasteiger partial charge in [0.1, 0.15) is 29.9 Å². The Balaban J connectivity index is 2.89. The van der Waals surface area contributed by atoms with Gasteiger partial charge in [0.05, 0.1) is 13.2 Å². The van der Waals surface area contributed by atoms with Crippen LogP contribution in [0.3, 0.4) is 0 Å². The Bertz CT molecular complexity index is 507. The number of thioether (sulfide) groups is 1. The maximum Gasteiger partial charge on any atom is 0.448 e. The van der Waals surface area contributed by atoms with Crippen LogP contribution in [-0.4, -0.2) is 81.6 Å². The minimum Gasteiger partial charge on any atom is -0.394 e. The van der Waals surface area contributed by atoms with Crippen LogP contribution >= 0.6 is 11.8 Å². The zero-order valence-corrected chi connectivity index (χ0v) is 12.9. The summed E-state index contributed by atoms with van der Waals surface area (Å²) in [5.74, 6) is 0.